The summed E-state index contributed by atoms with van der Waals surface area (Å²) in [6, 6.07) is 11.4. The monoisotopic (exact) mass is 349 g/mol. The summed E-state index contributed by atoms with van der Waals surface area (Å²) in [5.41, 5.74) is 1.75. The quantitative estimate of drug-likeness (QED) is 0.683. The van der Waals surface area contributed by atoms with E-state index in [1.54, 1.807) is 31.2 Å². The molecule has 1 amide bonds. The van der Waals surface area contributed by atoms with E-state index in [1.165, 1.54) is 23.9 Å². The highest BCUT2D eigenvalue weighted by Gasteiger charge is 2.18. The number of halogens is 2. The van der Waals surface area contributed by atoms with Crippen molar-refractivity contribution in [3.8, 4) is 0 Å². The van der Waals surface area contributed by atoms with Crippen LogP contribution in [0.1, 0.15) is 6.92 Å². The van der Waals surface area contributed by atoms with Crippen LogP contribution in [0.5, 0.6) is 0 Å². The zero-order chi connectivity index (χ0) is 16.4. The second-order valence-corrected chi connectivity index (χ2v) is 6.70. The van der Waals surface area contributed by atoms with Crippen LogP contribution in [0.4, 0.5) is 10.1 Å². The number of benzene rings is 2. The van der Waals surface area contributed by atoms with E-state index in [1.807, 2.05) is 6.07 Å². The number of para-hydroxylation sites is 1. The fourth-order valence-electron chi connectivity index (χ4n) is 2.03. The van der Waals surface area contributed by atoms with Crippen molar-refractivity contribution in [1.82, 2.24) is 9.97 Å². The number of imidazole rings is 1. The van der Waals surface area contributed by atoms with Gasteiger partial charge in [0.1, 0.15) is 5.82 Å². The van der Waals surface area contributed by atoms with Gasteiger partial charge in [-0.2, -0.15) is 0 Å². The van der Waals surface area contributed by atoms with Crippen LogP contribution in [0, 0.1) is 5.82 Å². The summed E-state index contributed by atoms with van der Waals surface area (Å²) in [5, 5.41) is 3.36. The van der Waals surface area contributed by atoms with Gasteiger partial charge in [-0.15, -0.1) is 0 Å². The molecule has 2 aromatic carbocycles. The van der Waals surface area contributed by atoms with Gasteiger partial charge in [0.05, 0.1) is 22.0 Å². The number of thioether (sulfide) groups is 1. The van der Waals surface area contributed by atoms with Crippen LogP contribution in [-0.2, 0) is 4.79 Å². The number of carbonyl (C=O) groups is 1. The number of anilines is 1. The third-order valence-electron chi connectivity index (χ3n) is 3.21. The molecule has 23 heavy (non-hydrogen) atoms. The molecule has 1 heterocycles. The molecule has 2 N–H and O–H groups in total. The first-order chi connectivity index (χ1) is 11.0. The number of aromatic nitrogens is 2. The maximum absolute atomic E-state index is 13.6. The van der Waals surface area contributed by atoms with Crippen molar-refractivity contribution in [1.29, 1.82) is 0 Å². The Bertz CT molecular complexity index is 867. The Balaban J connectivity index is 1.71. The lowest BCUT2D eigenvalue weighted by atomic mass is 10.3. The van der Waals surface area contributed by atoms with Crippen LogP contribution >= 0.6 is 23.4 Å². The Kier molecular flexibility index (Phi) is 4.54. The molecule has 1 atom stereocenters. The van der Waals surface area contributed by atoms with Gasteiger partial charge in [0.25, 0.3) is 0 Å². The zero-order valence-electron chi connectivity index (χ0n) is 12.1. The summed E-state index contributed by atoms with van der Waals surface area (Å²) in [6.07, 6.45) is 0. The number of hydrogen-bond donors (Lipinski definition) is 2. The Morgan fingerprint density at radius 2 is 2.13 bits per heavy atom. The molecule has 0 bridgehead atoms. The van der Waals surface area contributed by atoms with Crippen LogP contribution < -0.4 is 5.32 Å². The summed E-state index contributed by atoms with van der Waals surface area (Å²) >= 11 is 7.20. The molecule has 3 aromatic rings. The fraction of sp³-hybridized carbons (Fsp3) is 0.125. The highest BCUT2D eigenvalue weighted by molar-refractivity contribution is 8.00. The van der Waals surface area contributed by atoms with Crippen molar-refractivity contribution < 1.29 is 9.18 Å². The van der Waals surface area contributed by atoms with Crippen LogP contribution in [0.15, 0.2) is 47.6 Å². The minimum atomic E-state index is -0.462. The first-order valence-electron chi connectivity index (χ1n) is 6.90. The Morgan fingerprint density at radius 3 is 2.91 bits per heavy atom. The first-order valence-corrected chi connectivity index (χ1v) is 8.16. The molecular weight excluding hydrogens is 337 g/mol. The highest BCUT2D eigenvalue weighted by Crippen LogP contribution is 2.26. The molecule has 7 heteroatoms. The van der Waals surface area contributed by atoms with Gasteiger partial charge < -0.3 is 10.3 Å². The average Bonchev–Trinajstić information content (AvgIpc) is 2.90. The number of hydrogen-bond acceptors (Lipinski definition) is 3. The molecule has 4 nitrogen and oxygen atoms in total. The number of fused-ring (bicyclic) bond motifs is 1. The van der Waals surface area contributed by atoms with Crippen molar-refractivity contribution in [2.24, 2.45) is 0 Å². The number of amides is 1. The third-order valence-corrected chi connectivity index (χ3v) is 4.43. The van der Waals surface area contributed by atoms with E-state index < -0.39 is 11.1 Å². The largest absolute Gasteiger partial charge is 0.333 e. The predicted molar refractivity (Wildman–Crippen MR) is 91.5 cm³/mol. The van der Waals surface area contributed by atoms with Crippen molar-refractivity contribution in [3.63, 3.8) is 0 Å². The van der Waals surface area contributed by atoms with Gasteiger partial charge in [-0.25, -0.2) is 9.37 Å². The Morgan fingerprint density at radius 1 is 1.35 bits per heavy atom. The van der Waals surface area contributed by atoms with Gasteiger partial charge in [-0.3, -0.25) is 4.79 Å². The van der Waals surface area contributed by atoms with Crippen molar-refractivity contribution >= 4 is 46.0 Å². The molecule has 0 radical (unpaired) electrons. The maximum Gasteiger partial charge on any atom is 0.237 e. The number of H-pyrrole nitrogens is 1. The molecule has 1 aromatic heterocycles. The van der Waals surface area contributed by atoms with Gasteiger partial charge in [0.2, 0.25) is 5.91 Å². The van der Waals surface area contributed by atoms with Crippen LogP contribution in [0.2, 0.25) is 5.02 Å². The number of nitrogens with zero attached hydrogens (tertiary/aromatic N) is 1. The predicted octanol–water partition coefficient (Wildman–Crippen LogP) is 4.47. The van der Waals surface area contributed by atoms with Crippen molar-refractivity contribution in [3.05, 3.63) is 53.3 Å². The topological polar surface area (TPSA) is 57.8 Å². The summed E-state index contributed by atoms with van der Waals surface area (Å²) in [4.78, 5) is 19.7. The molecule has 0 saturated heterocycles. The average molecular weight is 350 g/mol. The van der Waals surface area contributed by atoms with E-state index in [-0.39, 0.29) is 11.6 Å². The first kappa shape index (κ1) is 15.8. The molecule has 0 aliphatic rings. The summed E-state index contributed by atoms with van der Waals surface area (Å²) < 4.78 is 13.6. The lowest BCUT2D eigenvalue weighted by Gasteiger charge is -2.10. The molecule has 0 aliphatic carbocycles. The second kappa shape index (κ2) is 6.60. The number of carbonyl (C=O) groups excluding carboxylic acids is 1. The molecule has 0 spiro atoms. The highest BCUT2D eigenvalue weighted by atomic mass is 35.5. The van der Waals surface area contributed by atoms with Gasteiger partial charge in [-0.1, -0.05) is 35.5 Å². The third kappa shape index (κ3) is 3.65. The minimum Gasteiger partial charge on any atom is -0.333 e. The molecule has 1 unspecified atom stereocenters. The molecule has 0 aliphatic heterocycles. The van der Waals surface area contributed by atoms with E-state index in [9.17, 15) is 9.18 Å². The van der Waals surface area contributed by atoms with E-state index in [2.05, 4.69) is 15.3 Å². The smallest absolute Gasteiger partial charge is 0.237 e. The zero-order valence-corrected chi connectivity index (χ0v) is 13.7. The molecule has 0 fully saturated rings. The van der Waals surface area contributed by atoms with Crippen molar-refractivity contribution in [2.45, 2.75) is 17.3 Å². The van der Waals surface area contributed by atoms with Crippen LogP contribution in [0.25, 0.3) is 11.0 Å². The van der Waals surface area contributed by atoms with Gasteiger partial charge in [-0.05, 0) is 37.3 Å². The Labute approximate surface area is 141 Å². The van der Waals surface area contributed by atoms with E-state index in [0.29, 0.717) is 10.2 Å². The lowest BCUT2D eigenvalue weighted by Crippen LogP contribution is -2.23. The maximum atomic E-state index is 13.6. The number of rotatable bonds is 4. The summed E-state index contributed by atoms with van der Waals surface area (Å²) in [6.45, 7) is 1.74. The molecule has 118 valence electrons. The van der Waals surface area contributed by atoms with Gasteiger partial charge in [0, 0.05) is 5.02 Å². The van der Waals surface area contributed by atoms with Crippen LogP contribution in [0.3, 0.4) is 0 Å². The van der Waals surface area contributed by atoms with Gasteiger partial charge in [0.15, 0.2) is 5.16 Å². The summed E-state index contributed by atoms with van der Waals surface area (Å²) in [5.74, 6) is -0.755. The molecule has 0 saturated carbocycles. The lowest BCUT2D eigenvalue weighted by molar-refractivity contribution is -0.115. The van der Waals surface area contributed by atoms with E-state index in [0.717, 1.165) is 11.0 Å². The van der Waals surface area contributed by atoms with Gasteiger partial charge >= 0.3 is 0 Å². The SMILES string of the molecule is CC(Sc1nc2ccc(Cl)cc2[nH]1)C(=O)Nc1ccccc1F. The Hall–Kier alpha value is -2.05. The second-order valence-electron chi connectivity index (χ2n) is 4.93. The summed E-state index contributed by atoms with van der Waals surface area (Å²) in [7, 11) is 0. The van der Waals surface area contributed by atoms with E-state index >= 15 is 0 Å². The van der Waals surface area contributed by atoms with Crippen LogP contribution in [-0.4, -0.2) is 21.1 Å². The number of aromatic amines is 1. The molecule has 3 rings (SSSR count). The normalized spacial score (nSPS) is 12.3. The number of nitrogens with one attached hydrogen (secondary N) is 2. The van der Waals surface area contributed by atoms with E-state index in [4.69, 9.17) is 11.6 Å². The minimum absolute atomic E-state index is 0.168. The fourth-order valence-corrected chi connectivity index (χ4v) is 3.03. The molecular formula is C16H13ClFN3OS. The van der Waals surface area contributed by atoms with Crippen molar-refractivity contribution in [2.75, 3.05) is 5.32 Å². The standard InChI is InChI=1S/C16H13ClFN3OS/c1-9(15(22)19-12-5-3-2-4-11(12)18)23-16-20-13-7-6-10(17)8-14(13)21-16/h2-9H,1H3,(H,19,22)(H,20,21).